The van der Waals surface area contributed by atoms with Gasteiger partial charge in [-0.25, -0.2) is 4.79 Å². The standard InChI is InChI=1S/C23H33N5O2S/c1-23(2,3)25-22(30)28-10-8-16(9-11-28)26-12-14-27(15-13-26)21(29)19-17-6-4-5-7-18(17)31-20(19)24/h4-7,16H,8-15,24H2,1-3H3,(H,25,30). The number of rotatable bonds is 2. The van der Waals surface area contributed by atoms with Crippen LogP contribution in [-0.2, 0) is 0 Å². The average Bonchev–Trinajstić information content (AvgIpc) is 3.08. The number of nitrogen functional groups attached to an aromatic ring is 1. The second-order valence-electron chi connectivity index (χ2n) is 9.56. The lowest BCUT2D eigenvalue weighted by Crippen LogP contribution is -2.56. The molecule has 7 nitrogen and oxygen atoms in total. The van der Waals surface area contributed by atoms with Gasteiger partial charge in [-0.1, -0.05) is 18.2 Å². The second kappa shape index (κ2) is 8.67. The zero-order chi connectivity index (χ0) is 22.2. The van der Waals surface area contributed by atoms with Gasteiger partial charge in [-0.3, -0.25) is 9.69 Å². The van der Waals surface area contributed by atoms with Crippen LogP contribution in [0.3, 0.4) is 0 Å². The molecule has 3 N–H and O–H groups in total. The van der Waals surface area contributed by atoms with Gasteiger partial charge in [-0.2, -0.15) is 0 Å². The fourth-order valence-electron chi connectivity index (χ4n) is 4.57. The first kappa shape index (κ1) is 21.9. The van der Waals surface area contributed by atoms with Crippen molar-refractivity contribution in [1.82, 2.24) is 20.0 Å². The Bertz CT molecular complexity index is 951. The molecule has 0 unspecified atom stereocenters. The van der Waals surface area contributed by atoms with Crippen LogP contribution < -0.4 is 11.1 Å². The van der Waals surface area contributed by atoms with Crippen LogP contribution in [0, 0.1) is 0 Å². The summed E-state index contributed by atoms with van der Waals surface area (Å²) in [6, 6.07) is 8.43. The van der Waals surface area contributed by atoms with Gasteiger partial charge >= 0.3 is 6.03 Å². The van der Waals surface area contributed by atoms with Crippen molar-refractivity contribution < 1.29 is 9.59 Å². The molecule has 31 heavy (non-hydrogen) atoms. The number of urea groups is 1. The van der Waals surface area contributed by atoms with E-state index in [-0.39, 0.29) is 17.5 Å². The maximum absolute atomic E-state index is 13.2. The second-order valence-corrected chi connectivity index (χ2v) is 10.6. The maximum atomic E-state index is 13.2. The van der Waals surface area contributed by atoms with Gasteiger partial charge in [0.25, 0.3) is 5.91 Å². The molecule has 4 rings (SSSR count). The Morgan fingerprint density at radius 2 is 1.65 bits per heavy atom. The number of carbonyl (C=O) groups is 2. The van der Waals surface area contributed by atoms with E-state index in [1.165, 1.54) is 11.3 Å². The number of fused-ring (bicyclic) bond motifs is 1. The molecule has 1 aromatic carbocycles. The van der Waals surface area contributed by atoms with Gasteiger partial charge in [-0.05, 0) is 39.7 Å². The Hall–Kier alpha value is -2.32. The molecule has 0 radical (unpaired) electrons. The lowest BCUT2D eigenvalue weighted by Gasteiger charge is -2.43. The number of nitrogens with zero attached hydrogens (tertiary/aromatic N) is 3. The molecule has 1 aromatic heterocycles. The molecule has 0 saturated carbocycles. The number of piperidine rings is 1. The third-order valence-corrected chi connectivity index (χ3v) is 7.19. The zero-order valence-electron chi connectivity index (χ0n) is 18.7. The molecular formula is C23H33N5O2S. The van der Waals surface area contributed by atoms with Crippen LogP contribution in [0.4, 0.5) is 9.80 Å². The van der Waals surface area contributed by atoms with Gasteiger partial charge in [0.15, 0.2) is 0 Å². The van der Waals surface area contributed by atoms with E-state index in [0.717, 1.165) is 49.1 Å². The highest BCUT2D eigenvalue weighted by atomic mass is 32.1. The van der Waals surface area contributed by atoms with Gasteiger partial charge < -0.3 is 20.9 Å². The molecule has 0 atom stereocenters. The first-order valence-corrected chi connectivity index (χ1v) is 11.9. The van der Waals surface area contributed by atoms with Gasteiger partial charge in [0.05, 0.1) is 10.6 Å². The highest BCUT2D eigenvalue weighted by molar-refractivity contribution is 7.23. The fourth-order valence-corrected chi connectivity index (χ4v) is 5.53. The van der Waals surface area contributed by atoms with E-state index in [1.54, 1.807) is 0 Å². The topological polar surface area (TPSA) is 81.9 Å². The van der Waals surface area contributed by atoms with Crippen molar-refractivity contribution >= 4 is 38.4 Å². The molecule has 168 valence electrons. The average molecular weight is 444 g/mol. The maximum Gasteiger partial charge on any atom is 0.317 e. The van der Waals surface area contributed by atoms with Crippen LogP contribution >= 0.6 is 11.3 Å². The van der Waals surface area contributed by atoms with Crippen molar-refractivity contribution in [2.45, 2.75) is 45.2 Å². The molecule has 8 heteroatoms. The molecule has 2 fully saturated rings. The summed E-state index contributed by atoms with van der Waals surface area (Å²) in [7, 11) is 0. The van der Waals surface area contributed by atoms with E-state index < -0.39 is 0 Å². The van der Waals surface area contributed by atoms with E-state index in [0.29, 0.717) is 29.7 Å². The number of nitrogens with two attached hydrogens (primary N) is 1. The first-order chi connectivity index (χ1) is 14.7. The predicted octanol–water partition coefficient (Wildman–Crippen LogP) is 3.21. The van der Waals surface area contributed by atoms with Gasteiger partial charge in [0, 0.05) is 60.9 Å². The molecule has 0 spiro atoms. The van der Waals surface area contributed by atoms with Crippen LogP contribution in [0.2, 0.25) is 0 Å². The fraction of sp³-hybridized carbons (Fsp3) is 0.565. The third-order valence-electron chi connectivity index (χ3n) is 6.19. The number of amides is 3. The number of anilines is 1. The lowest BCUT2D eigenvalue weighted by atomic mass is 10.0. The van der Waals surface area contributed by atoms with E-state index in [1.807, 2.05) is 54.8 Å². The molecule has 3 amide bonds. The van der Waals surface area contributed by atoms with Crippen LogP contribution in [0.15, 0.2) is 24.3 Å². The monoisotopic (exact) mass is 443 g/mol. The zero-order valence-corrected chi connectivity index (χ0v) is 19.5. The molecule has 3 heterocycles. The van der Waals surface area contributed by atoms with Gasteiger partial charge in [0.2, 0.25) is 0 Å². The molecular weight excluding hydrogens is 410 g/mol. The minimum absolute atomic E-state index is 0.0296. The lowest BCUT2D eigenvalue weighted by molar-refractivity contribution is 0.0478. The summed E-state index contributed by atoms with van der Waals surface area (Å²) in [5, 5.41) is 4.61. The number of carbonyl (C=O) groups excluding carboxylic acids is 2. The summed E-state index contributed by atoms with van der Waals surface area (Å²) >= 11 is 1.48. The van der Waals surface area contributed by atoms with Crippen LogP contribution in [0.1, 0.15) is 44.0 Å². The molecule has 2 aliphatic rings. The first-order valence-electron chi connectivity index (χ1n) is 11.1. The Kier molecular flexibility index (Phi) is 6.12. The van der Waals surface area contributed by atoms with Crippen molar-refractivity contribution in [2.75, 3.05) is 45.0 Å². The SMILES string of the molecule is CC(C)(C)NC(=O)N1CCC(N2CCN(C(=O)c3c(N)sc4ccccc34)CC2)CC1. The van der Waals surface area contributed by atoms with E-state index in [9.17, 15) is 9.59 Å². The normalized spacial score (nSPS) is 19.1. The van der Waals surface area contributed by atoms with E-state index >= 15 is 0 Å². The number of piperazine rings is 1. The van der Waals surface area contributed by atoms with Crippen LogP contribution in [0.25, 0.3) is 10.1 Å². The van der Waals surface area contributed by atoms with Crippen LogP contribution in [0.5, 0.6) is 0 Å². The molecule has 0 bridgehead atoms. The van der Waals surface area contributed by atoms with E-state index in [2.05, 4.69) is 10.2 Å². The third kappa shape index (κ3) is 4.80. The number of benzene rings is 1. The number of hydrogen-bond acceptors (Lipinski definition) is 5. The Morgan fingerprint density at radius 3 is 2.29 bits per heavy atom. The summed E-state index contributed by atoms with van der Waals surface area (Å²) in [5.41, 5.74) is 6.65. The number of hydrogen-bond donors (Lipinski definition) is 2. The summed E-state index contributed by atoms with van der Waals surface area (Å²) in [4.78, 5) is 31.9. The van der Waals surface area contributed by atoms with E-state index in [4.69, 9.17) is 5.73 Å². The quantitative estimate of drug-likeness (QED) is 0.747. The molecule has 2 aliphatic heterocycles. The minimum atomic E-state index is -0.214. The number of likely N-dealkylation sites (tertiary alicyclic amines) is 1. The summed E-state index contributed by atoms with van der Waals surface area (Å²) in [6.07, 6.45) is 1.96. The van der Waals surface area contributed by atoms with Gasteiger partial charge in [-0.15, -0.1) is 11.3 Å². The van der Waals surface area contributed by atoms with Crippen LogP contribution in [-0.4, -0.2) is 77.5 Å². The Morgan fingerprint density at radius 1 is 1.00 bits per heavy atom. The molecule has 0 aliphatic carbocycles. The van der Waals surface area contributed by atoms with Gasteiger partial charge in [0.1, 0.15) is 0 Å². The Balaban J connectivity index is 1.31. The summed E-state index contributed by atoms with van der Waals surface area (Å²) in [5.74, 6) is 0.0447. The predicted molar refractivity (Wildman–Crippen MR) is 127 cm³/mol. The number of nitrogens with one attached hydrogen (secondary N) is 1. The van der Waals surface area contributed by atoms with Crippen molar-refractivity contribution in [3.63, 3.8) is 0 Å². The highest BCUT2D eigenvalue weighted by Crippen LogP contribution is 2.34. The summed E-state index contributed by atoms with van der Waals surface area (Å²) < 4.78 is 1.06. The summed E-state index contributed by atoms with van der Waals surface area (Å²) in [6.45, 7) is 10.7. The Labute approximate surface area is 188 Å². The number of thiophene rings is 1. The van der Waals surface area contributed by atoms with Crippen molar-refractivity contribution in [3.8, 4) is 0 Å². The van der Waals surface area contributed by atoms with Crippen molar-refractivity contribution in [1.29, 1.82) is 0 Å². The largest absolute Gasteiger partial charge is 0.390 e. The molecule has 2 aromatic rings. The van der Waals surface area contributed by atoms with Crippen molar-refractivity contribution in [3.05, 3.63) is 29.8 Å². The van der Waals surface area contributed by atoms with Crippen molar-refractivity contribution in [2.24, 2.45) is 0 Å². The highest BCUT2D eigenvalue weighted by Gasteiger charge is 2.32. The smallest absolute Gasteiger partial charge is 0.317 e. The minimum Gasteiger partial charge on any atom is -0.390 e. The molecule has 2 saturated heterocycles.